The summed E-state index contributed by atoms with van der Waals surface area (Å²) in [6.07, 6.45) is 0.362. The van der Waals surface area contributed by atoms with Crippen LogP contribution in [0.5, 0.6) is 11.5 Å². The van der Waals surface area contributed by atoms with Crippen molar-refractivity contribution in [3.05, 3.63) is 59.7 Å². The van der Waals surface area contributed by atoms with Crippen molar-refractivity contribution in [3.8, 4) is 11.5 Å². The van der Waals surface area contributed by atoms with E-state index in [1.807, 2.05) is 48.5 Å². The van der Waals surface area contributed by atoms with Gasteiger partial charge in [-0.05, 0) is 23.6 Å². The fraction of sp³-hybridized carbons (Fsp3) is 0.300. The first kappa shape index (κ1) is 19.3. The number of carboxylic acids is 1. The lowest BCUT2D eigenvalue weighted by molar-refractivity contribution is -0.138. The summed E-state index contributed by atoms with van der Waals surface area (Å²) in [5, 5.41) is 11.3. The highest BCUT2D eigenvalue weighted by Gasteiger charge is 2.12. The van der Waals surface area contributed by atoms with Gasteiger partial charge in [0.25, 0.3) is 0 Å². The summed E-state index contributed by atoms with van der Waals surface area (Å²) in [4.78, 5) is 22.1. The number of rotatable bonds is 10. The minimum absolute atomic E-state index is 0.0230. The van der Waals surface area contributed by atoms with Crippen molar-refractivity contribution in [2.45, 2.75) is 25.9 Å². The number of carbonyl (C=O) groups excluding carboxylic acids is 1. The van der Waals surface area contributed by atoms with Crippen LogP contribution in [0.15, 0.2) is 48.5 Å². The normalized spacial score (nSPS) is 10.2. The van der Waals surface area contributed by atoms with Crippen LogP contribution in [0.2, 0.25) is 0 Å². The Bertz CT molecular complexity index is 730. The van der Waals surface area contributed by atoms with E-state index in [9.17, 15) is 9.59 Å². The van der Waals surface area contributed by atoms with E-state index in [4.69, 9.17) is 14.6 Å². The molecule has 0 unspecified atom stereocenters. The first-order valence-corrected chi connectivity index (χ1v) is 8.41. The van der Waals surface area contributed by atoms with Crippen LogP contribution in [0.3, 0.4) is 0 Å². The third-order valence-electron chi connectivity index (χ3n) is 3.79. The van der Waals surface area contributed by atoms with Gasteiger partial charge in [0.05, 0.1) is 13.5 Å². The number of nitrogens with one attached hydrogen (secondary N) is 1. The molecule has 0 bridgehead atoms. The molecule has 0 aliphatic rings. The van der Waals surface area contributed by atoms with Crippen molar-refractivity contribution in [2.24, 2.45) is 0 Å². The van der Waals surface area contributed by atoms with Gasteiger partial charge in [0.2, 0.25) is 5.91 Å². The van der Waals surface area contributed by atoms with Crippen LogP contribution in [-0.2, 0) is 22.6 Å². The molecule has 0 aliphatic heterocycles. The van der Waals surface area contributed by atoms with Gasteiger partial charge in [-0.2, -0.15) is 0 Å². The van der Waals surface area contributed by atoms with E-state index in [1.54, 1.807) is 7.11 Å². The molecule has 1 amide bonds. The lowest BCUT2D eigenvalue weighted by Crippen LogP contribution is -2.26. The van der Waals surface area contributed by atoms with E-state index in [0.717, 1.165) is 11.1 Å². The predicted octanol–water partition coefficient (Wildman–Crippen LogP) is 2.80. The highest BCUT2D eigenvalue weighted by Crippen LogP contribution is 2.32. The third-order valence-corrected chi connectivity index (χ3v) is 3.79. The molecule has 2 aromatic carbocycles. The summed E-state index contributed by atoms with van der Waals surface area (Å²) in [6, 6.07) is 15.4. The second kappa shape index (κ2) is 10.1. The van der Waals surface area contributed by atoms with Crippen molar-refractivity contribution in [1.29, 1.82) is 0 Å². The molecule has 0 aromatic heterocycles. The van der Waals surface area contributed by atoms with Gasteiger partial charge in [-0.3, -0.25) is 9.59 Å². The Balaban J connectivity index is 1.96. The number of ether oxygens (including phenoxy) is 2. The van der Waals surface area contributed by atoms with Gasteiger partial charge in [-0.1, -0.05) is 42.5 Å². The number of hydrogen-bond acceptors (Lipinski definition) is 4. The van der Waals surface area contributed by atoms with Gasteiger partial charge >= 0.3 is 5.97 Å². The van der Waals surface area contributed by atoms with Gasteiger partial charge in [-0.15, -0.1) is 0 Å². The number of aliphatic carboxylic acids is 1. The lowest BCUT2D eigenvalue weighted by Gasteiger charge is -2.15. The zero-order valence-corrected chi connectivity index (χ0v) is 14.7. The summed E-state index contributed by atoms with van der Waals surface area (Å²) in [5.74, 6) is 0.0286. The molecule has 2 N–H and O–H groups in total. The smallest absolute Gasteiger partial charge is 0.303 e. The van der Waals surface area contributed by atoms with E-state index >= 15 is 0 Å². The SMILES string of the molecule is COc1cccc(CCNC(=O)CCC(=O)O)c1OCc1ccccc1. The van der Waals surface area contributed by atoms with Gasteiger partial charge in [-0.25, -0.2) is 0 Å². The predicted molar refractivity (Wildman–Crippen MR) is 97.4 cm³/mol. The highest BCUT2D eigenvalue weighted by molar-refractivity contribution is 5.80. The first-order valence-electron chi connectivity index (χ1n) is 8.41. The summed E-state index contributed by atoms with van der Waals surface area (Å²) in [7, 11) is 1.59. The molecular weight excluding hydrogens is 334 g/mol. The van der Waals surface area contributed by atoms with Crippen molar-refractivity contribution in [3.63, 3.8) is 0 Å². The van der Waals surface area contributed by atoms with E-state index in [0.29, 0.717) is 31.1 Å². The topological polar surface area (TPSA) is 84.9 Å². The zero-order chi connectivity index (χ0) is 18.8. The van der Waals surface area contributed by atoms with E-state index in [2.05, 4.69) is 5.32 Å². The molecule has 2 rings (SSSR count). The fourth-order valence-corrected chi connectivity index (χ4v) is 2.46. The van der Waals surface area contributed by atoms with Crippen LogP contribution in [0, 0.1) is 0 Å². The summed E-state index contributed by atoms with van der Waals surface area (Å²) >= 11 is 0. The number of methoxy groups -OCH3 is 1. The maximum Gasteiger partial charge on any atom is 0.303 e. The van der Waals surface area contributed by atoms with Crippen molar-refractivity contribution < 1.29 is 24.2 Å². The van der Waals surface area contributed by atoms with Crippen molar-refractivity contribution >= 4 is 11.9 Å². The molecule has 138 valence electrons. The summed E-state index contributed by atoms with van der Waals surface area (Å²) < 4.78 is 11.4. The van der Waals surface area contributed by atoms with Crippen LogP contribution in [0.1, 0.15) is 24.0 Å². The van der Waals surface area contributed by atoms with Crippen LogP contribution < -0.4 is 14.8 Å². The maximum atomic E-state index is 11.6. The Hall–Kier alpha value is -3.02. The molecule has 6 heteroatoms. The minimum Gasteiger partial charge on any atom is -0.493 e. The van der Waals surface area contributed by atoms with Gasteiger partial charge in [0, 0.05) is 13.0 Å². The highest BCUT2D eigenvalue weighted by atomic mass is 16.5. The molecule has 0 saturated heterocycles. The Morgan fingerprint density at radius 1 is 1.04 bits per heavy atom. The van der Waals surface area contributed by atoms with Crippen molar-refractivity contribution in [1.82, 2.24) is 5.32 Å². The molecule has 0 radical (unpaired) electrons. The van der Waals surface area contributed by atoms with Gasteiger partial charge in [0.15, 0.2) is 11.5 Å². The Kier molecular flexibility index (Phi) is 7.49. The van der Waals surface area contributed by atoms with Crippen molar-refractivity contribution in [2.75, 3.05) is 13.7 Å². The average molecular weight is 357 g/mol. The molecule has 26 heavy (non-hydrogen) atoms. The zero-order valence-electron chi connectivity index (χ0n) is 14.7. The molecular formula is C20H23NO5. The van der Waals surface area contributed by atoms with Crippen LogP contribution >= 0.6 is 0 Å². The Morgan fingerprint density at radius 2 is 1.81 bits per heavy atom. The van der Waals surface area contributed by atoms with Gasteiger partial charge in [0.1, 0.15) is 6.61 Å². The van der Waals surface area contributed by atoms with Gasteiger partial charge < -0.3 is 19.9 Å². The van der Waals surface area contributed by atoms with E-state index < -0.39 is 5.97 Å². The molecule has 0 atom stereocenters. The number of carboxylic acid groups (broad SMARTS) is 1. The van der Waals surface area contributed by atoms with E-state index in [1.165, 1.54) is 0 Å². The molecule has 2 aromatic rings. The number of carbonyl (C=O) groups is 2. The fourth-order valence-electron chi connectivity index (χ4n) is 2.46. The average Bonchev–Trinajstić information content (AvgIpc) is 2.65. The van der Waals surface area contributed by atoms with Crippen LogP contribution in [0.4, 0.5) is 0 Å². The largest absolute Gasteiger partial charge is 0.493 e. The first-order chi connectivity index (χ1) is 12.6. The number of para-hydroxylation sites is 1. The second-order valence-corrected chi connectivity index (χ2v) is 5.72. The maximum absolute atomic E-state index is 11.6. The summed E-state index contributed by atoms with van der Waals surface area (Å²) in [5.41, 5.74) is 1.96. The lowest BCUT2D eigenvalue weighted by atomic mass is 10.1. The molecule has 0 spiro atoms. The molecule has 0 heterocycles. The molecule has 6 nitrogen and oxygen atoms in total. The quantitative estimate of drug-likeness (QED) is 0.683. The molecule has 0 saturated carbocycles. The Labute approximate surface area is 152 Å². The second-order valence-electron chi connectivity index (χ2n) is 5.72. The Morgan fingerprint density at radius 3 is 2.50 bits per heavy atom. The monoisotopic (exact) mass is 357 g/mol. The summed E-state index contributed by atoms with van der Waals surface area (Å²) in [6.45, 7) is 0.812. The standard InChI is InChI=1S/C20H23NO5/c1-25-17-9-5-8-16(12-13-21-18(22)10-11-19(23)24)20(17)26-14-15-6-3-2-4-7-15/h2-9H,10-14H2,1H3,(H,21,22)(H,23,24). The van der Waals surface area contributed by atoms with E-state index in [-0.39, 0.29) is 18.7 Å². The van der Waals surface area contributed by atoms with Crippen LogP contribution in [0.25, 0.3) is 0 Å². The molecule has 0 fully saturated rings. The third kappa shape index (κ3) is 6.12. The van der Waals surface area contributed by atoms with Crippen LogP contribution in [-0.4, -0.2) is 30.6 Å². The number of amides is 1. The minimum atomic E-state index is -0.982. The number of benzene rings is 2. The number of hydrogen-bond donors (Lipinski definition) is 2. The molecule has 0 aliphatic carbocycles.